The molecule has 2 aromatic carbocycles. The Hall–Kier alpha value is -2.33. The minimum Gasteiger partial charge on any atom is -0.497 e. The zero-order valence-corrected chi connectivity index (χ0v) is 13.5. The van der Waals surface area contributed by atoms with Gasteiger partial charge in [0.25, 0.3) is 0 Å². The number of hydrogen-bond donors (Lipinski definition) is 0. The van der Waals surface area contributed by atoms with Gasteiger partial charge in [-0.05, 0) is 51.8 Å². The van der Waals surface area contributed by atoms with E-state index < -0.39 is 0 Å². The summed E-state index contributed by atoms with van der Waals surface area (Å²) in [6.45, 7) is 0. The fourth-order valence-electron chi connectivity index (χ4n) is 2.14. The predicted octanol–water partition coefficient (Wildman–Crippen LogP) is 4.69. The van der Waals surface area contributed by atoms with E-state index in [2.05, 4.69) is 15.9 Å². The monoisotopic (exact) mass is 356 g/mol. The summed E-state index contributed by atoms with van der Waals surface area (Å²) in [5.74, 6) is 1.30. The van der Waals surface area contributed by atoms with Crippen molar-refractivity contribution in [1.82, 2.24) is 0 Å². The Bertz CT molecular complexity index is 892. The molecular weight excluding hydrogens is 344 g/mol. The molecule has 0 amide bonds. The molecule has 0 aliphatic heterocycles. The Morgan fingerprint density at radius 1 is 1.14 bits per heavy atom. The Balaban J connectivity index is 2.02. The van der Waals surface area contributed by atoms with Crippen molar-refractivity contribution in [1.29, 1.82) is 0 Å². The zero-order valence-electron chi connectivity index (χ0n) is 11.9. The first-order chi connectivity index (χ1) is 10.7. The maximum absolute atomic E-state index is 12.1. The average Bonchev–Trinajstić information content (AvgIpc) is 2.55. The van der Waals surface area contributed by atoms with Crippen molar-refractivity contribution < 1.29 is 9.15 Å². The highest BCUT2D eigenvalue weighted by molar-refractivity contribution is 9.15. The van der Waals surface area contributed by atoms with Gasteiger partial charge in [-0.15, -0.1) is 0 Å². The van der Waals surface area contributed by atoms with Crippen LogP contribution in [0.1, 0.15) is 11.3 Å². The molecule has 0 saturated heterocycles. The van der Waals surface area contributed by atoms with Gasteiger partial charge in [-0.25, -0.2) is 0 Å². The van der Waals surface area contributed by atoms with Gasteiger partial charge in [0.2, 0.25) is 0 Å². The number of benzene rings is 2. The number of ether oxygens (including phenoxy) is 1. The van der Waals surface area contributed by atoms with Gasteiger partial charge in [-0.3, -0.25) is 4.79 Å². The van der Waals surface area contributed by atoms with Crippen molar-refractivity contribution >= 4 is 37.5 Å². The molecule has 0 unspecified atom stereocenters. The predicted molar refractivity (Wildman–Crippen MR) is 92.3 cm³/mol. The number of halogens is 1. The Kier molecular flexibility index (Phi) is 4.11. The molecule has 3 nitrogen and oxygen atoms in total. The fourth-order valence-corrected chi connectivity index (χ4v) is 2.60. The normalized spacial score (nSPS) is 11.6. The topological polar surface area (TPSA) is 39.4 Å². The van der Waals surface area contributed by atoms with Gasteiger partial charge in [0, 0.05) is 6.07 Å². The van der Waals surface area contributed by atoms with Crippen LogP contribution in [0.4, 0.5) is 0 Å². The Morgan fingerprint density at radius 2 is 1.86 bits per heavy atom. The largest absolute Gasteiger partial charge is 0.497 e. The summed E-state index contributed by atoms with van der Waals surface area (Å²) in [4.78, 5) is 12.1. The summed E-state index contributed by atoms with van der Waals surface area (Å²) in [7, 11) is 1.63. The van der Waals surface area contributed by atoms with Gasteiger partial charge in [0.15, 0.2) is 5.43 Å². The molecular formula is C18H13BrO3. The molecule has 110 valence electrons. The second-order valence-electron chi connectivity index (χ2n) is 4.74. The minimum atomic E-state index is -0.0584. The minimum absolute atomic E-state index is 0.0584. The van der Waals surface area contributed by atoms with E-state index in [4.69, 9.17) is 9.15 Å². The fraction of sp³-hybridized carbons (Fsp3) is 0.0556. The van der Waals surface area contributed by atoms with Gasteiger partial charge < -0.3 is 9.15 Å². The molecule has 0 bridgehead atoms. The van der Waals surface area contributed by atoms with Crippen molar-refractivity contribution in [2.24, 2.45) is 0 Å². The molecule has 0 aliphatic rings. The van der Waals surface area contributed by atoms with E-state index in [0.29, 0.717) is 21.2 Å². The highest BCUT2D eigenvalue weighted by Gasteiger charge is 2.07. The first kappa shape index (κ1) is 14.6. The molecule has 22 heavy (non-hydrogen) atoms. The average molecular weight is 357 g/mol. The van der Waals surface area contributed by atoms with Crippen LogP contribution >= 0.6 is 15.9 Å². The summed E-state index contributed by atoms with van der Waals surface area (Å²) in [5, 5.41) is 0.580. The number of fused-ring (bicyclic) bond motifs is 1. The van der Waals surface area contributed by atoms with E-state index in [0.717, 1.165) is 11.3 Å². The van der Waals surface area contributed by atoms with Crippen LogP contribution in [0.5, 0.6) is 5.75 Å². The van der Waals surface area contributed by atoms with E-state index in [1.807, 2.05) is 42.5 Å². The van der Waals surface area contributed by atoms with Crippen molar-refractivity contribution in [2.45, 2.75) is 0 Å². The summed E-state index contributed by atoms with van der Waals surface area (Å²) < 4.78 is 11.6. The lowest BCUT2D eigenvalue weighted by molar-refractivity contribution is 0.415. The smallest absolute Gasteiger partial charge is 0.193 e. The summed E-state index contributed by atoms with van der Waals surface area (Å²) in [5.41, 5.74) is 1.49. The van der Waals surface area contributed by atoms with Gasteiger partial charge >= 0.3 is 0 Å². The van der Waals surface area contributed by atoms with Gasteiger partial charge in [0.1, 0.15) is 17.1 Å². The van der Waals surface area contributed by atoms with Crippen LogP contribution < -0.4 is 10.2 Å². The molecule has 3 rings (SSSR count). The molecule has 0 atom stereocenters. The van der Waals surface area contributed by atoms with Crippen LogP contribution in [-0.2, 0) is 0 Å². The lowest BCUT2D eigenvalue weighted by Crippen LogP contribution is -2.00. The quantitative estimate of drug-likeness (QED) is 0.682. The van der Waals surface area contributed by atoms with Crippen LogP contribution in [-0.4, -0.2) is 7.11 Å². The molecule has 0 saturated carbocycles. The van der Waals surface area contributed by atoms with Crippen LogP contribution in [0.3, 0.4) is 0 Å². The van der Waals surface area contributed by atoms with Crippen molar-refractivity contribution in [3.63, 3.8) is 0 Å². The SMILES string of the molecule is COc1ccc(/C=C(/Br)c2cc(=O)c3ccccc3o2)cc1. The molecule has 0 spiro atoms. The summed E-state index contributed by atoms with van der Waals surface area (Å²) >= 11 is 3.48. The maximum atomic E-state index is 12.1. The number of methoxy groups -OCH3 is 1. The van der Waals surface area contributed by atoms with Gasteiger partial charge in [0.05, 0.1) is 17.0 Å². The highest BCUT2D eigenvalue weighted by Crippen LogP contribution is 2.26. The standard InChI is InChI=1S/C18H13BrO3/c1-21-13-8-6-12(7-9-13)10-15(19)18-11-16(20)14-4-2-3-5-17(14)22-18/h2-11H,1H3/b15-10+. The van der Waals surface area contributed by atoms with Gasteiger partial charge in [-0.2, -0.15) is 0 Å². The Labute approximate surface area is 136 Å². The highest BCUT2D eigenvalue weighted by atomic mass is 79.9. The van der Waals surface area contributed by atoms with Crippen molar-refractivity contribution in [3.05, 3.63) is 76.1 Å². The van der Waals surface area contributed by atoms with Crippen LogP contribution in [0.15, 0.2) is 63.8 Å². The van der Waals surface area contributed by atoms with Crippen LogP contribution in [0.25, 0.3) is 21.5 Å². The molecule has 1 heterocycles. The molecule has 0 aliphatic carbocycles. The molecule has 0 radical (unpaired) electrons. The zero-order chi connectivity index (χ0) is 15.5. The third-order valence-corrected chi connectivity index (χ3v) is 3.90. The van der Waals surface area contributed by atoms with Crippen LogP contribution in [0, 0.1) is 0 Å². The molecule has 3 aromatic rings. The lowest BCUT2D eigenvalue weighted by atomic mass is 10.2. The third-order valence-electron chi connectivity index (χ3n) is 3.28. The van der Waals surface area contributed by atoms with E-state index in [-0.39, 0.29) is 5.43 Å². The van der Waals surface area contributed by atoms with Crippen LogP contribution in [0.2, 0.25) is 0 Å². The van der Waals surface area contributed by atoms with E-state index in [1.165, 1.54) is 6.07 Å². The third kappa shape index (κ3) is 2.97. The first-order valence-corrected chi connectivity index (χ1v) is 7.51. The second kappa shape index (κ2) is 6.20. The Morgan fingerprint density at radius 3 is 2.59 bits per heavy atom. The van der Waals surface area contributed by atoms with E-state index in [9.17, 15) is 4.79 Å². The van der Waals surface area contributed by atoms with E-state index in [1.54, 1.807) is 19.2 Å². The lowest BCUT2D eigenvalue weighted by Gasteiger charge is -2.03. The first-order valence-electron chi connectivity index (χ1n) is 6.72. The molecule has 0 fully saturated rings. The molecule has 1 aromatic heterocycles. The van der Waals surface area contributed by atoms with Gasteiger partial charge in [-0.1, -0.05) is 24.3 Å². The number of para-hydroxylation sites is 1. The number of rotatable bonds is 3. The summed E-state index contributed by atoms with van der Waals surface area (Å²) in [6, 6.07) is 16.3. The van der Waals surface area contributed by atoms with Crippen molar-refractivity contribution in [3.8, 4) is 5.75 Å². The molecule has 0 N–H and O–H groups in total. The van der Waals surface area contributed by atoms with Crippen molar-refractivity contribution in [2.75, 3.05) is 7.11 Å². The second-order valence-corrected chi connectivity index (χ2v) is 5.59. The maximum Gasteiger partial charge on any atom is 0.193 e. The van der Waals surface area contributed by atoms with E-state index >= 15 is 0 Å². The molecule has 4 heteroatoms. The summed E-state index contributed by atoms with van der Waals surface area (Å²) in [6.07, 6.45) is 1.90. The number of hydrogen-bond acceptors (Lipinski definition) is 3.